The molecule has 1 aromatic heterocycles. The van der Waals surface area contributed by atoms with E-state index in [4.69, 9.17) is 9.47 Å². The van der Waals surface area contributed by atoms with Crippen molar-refractivity contribution in [3.63, 3.8) is 0 Å². The van der Waals surface area contributed by atoms with Crippen molar-refractivity contribution in [2.75, 3.05) is 43.3 Å². The number of hydrogen-bond donors (Lipinski definition) is 1. The van der Waals surface area contributed by atoms with Gasteiger partial charge in [0.25, 0.3) is 0 Å². The fraction of sp³-hybridized carbons (Fsp3) is 0.296. The second kappa shape index (κ2) is 13.4. The number of anilines is 2. The van der Waals surface area contributed by atoms with Crippen LogP contribution in [0.25, 0.3) is 11.4 Å². The third kappa shape index (κ3) is 6.60. The van der Waals surface area contributed by atoms with Gasteiger partial charge in [-0.2, -0.15) is 0 Å². The maximum absolute atomic E-state index is 12.8. The van der Waals surface area contributed by atoms with Crippen LogP contribution in [0.3, 0.4) is 0 Å². The van der Waals surface area contributed by atoms with Crippen molar-refractivity contribution < 1.29 is 23.9 Å². The number of methoxy groups -OCH3 is 2. The van der Waals surface area contributed by atoms with E-state index in [-0.39, 0.29) is 22.6 Å². The van der Waals surface area contributed by atoms with Gasteiger partial charge in [0.1, 0.15) is 0 Å². The van der Waals surface area contributed by atoms with Crippen LogP contribution in [0.5, 0.6) is 0 Å². The first kappa shape index (κ1) is 28.5. The highest BCUT2D eigenvalue weighted by molar-refractivity contribution is 7.99. The molecule has 0 saturated carbocycles. The number of rotatable bonds is 12. The molecule has 3 aromatic rings. The fourth-order valence-electron chi connectivity index (χ4n) is 3.81. The van der Waals surface area contributed by atoms with E-state index in [0.29, 0.717) is 17.5 Å². The predicted molar refractivity (Wildman–Crippen MR) is 148 cm³/mol. The van der Waals surface area contributed by atoms with Gasteiger partial charge in [0, 0.05) is 30.9 Å². The van der Waals surface area contributed by atoms with Gasteiger partial charge in [-0.1, -0.05) is 17.8 Å². The average molecular weight is 538 g/mol. The number of benzene rings is 2. The van der Waals surface area contributed by atoms with E-state index in [1.807, 2.05) is 16.7 Å². The molecule has 200 valence electrons. The highest BCUT2D eigenvalue weighted by Gasteiger charge is 2.19. The molecule has 0 aliphatic rings. The van der Waals surface area contributed by atoms with Crippen LogP contribution in [0.1, 0.15) is 34.6 Å². The molecule has 11 heteroatoms. The number of carbonyl (C=O) groups is 3. The highest BCUT2D eigenvalue weighted by Crippen LogP contribution is 2.27. The van der Waals surface area contributed by atoms with Gasteiger partial charge in [-0.15, -0.1) is 16.8 Å². The van der Waals surface area contributed by atoms with E-state index in [2.05, 4.69) is 53.0 Å². The van der Waals surface area contributed by atoms with Crippen molar-refractivity contribution in [2.24, 2.45) is 0 Å². The Bertz CT molecular complexity index is 1300. The van der Waals surface area contributed by atoms with Gasteiger partial charge in [0.2, 0.25) is 5.91 Å². The molecule has 0 aliphatic heterocycles. The lowest BCUT2D eigenvalue weighted by Gasteiger charge is -2.21. The zero-order valence-corrected chi connectivity index (χ0v) is 22.7. The van der Waals surface area contributed by atoms with Gasteiger partial charge in [0.15, 0.2) is 11.0 Å². The molecule has 1 amide bonds. The summed E-state index contributed by atoms with van der Waals surface area (Å²) in [4.78, 5) is 39.2. The summed E-state index contributed by atoms with van der Waals surface area (Å²) >= 11 is 1.19. The Balaban J connectivity index is 1.78. The van der Waals surface area contributed by atoms with E-state index < -0.39 is 17.8 Å². The topological polar surface area (TPSA) is 116 Å². The molecule has 38 heavy (non-hydrogen) atoms. The van der Waals surface area contributed by atoms with E-state index in [1.165, 1.54) is 44.2 Å². The number of nitrogens with one attached hydrogen (secondary N) is 1. The van der Waals surface area contributed by atoms with Crippen molar-refractivity contribution in [3.8, 4) is 11.4 Å². The SMILES string of the molecule is C=CCn1c(SCC(=O)Nc2cc(C(=O)OC)ccc2C(=O)OC)nnc1-c1ccc(N(CC)CC)cc1. The second-order valence-corrected chi connectivity index (χ2v) is 8.95. The van der Waals surface area contributed by atoms with Crippen molar-refractivity contribution in [3.05, 3.63) is 66.2 Å². The Labute approximate surface area is 226 Å². The second-order valence-electron chi connectivity index (χ2n) is 8.01. The smallest absolute Gasteiger partial charge is 0.339 e. The highest BCUT2D eigenvalue weighted by atomic mass is 32.2. The first-order valence-corrected chi connectivity index (χ1v) is 13.0. The Morgan fingerprint density at radius 3 is 2.32 bits per heavy atom. The number of nitrogens with zero attached hydrogens (tertiary/aromatic N) is 4. The zero-order valence-electron chi connectivity index (χ0n) is 21.9. The van der Waals surface area contributed by atoms with Crippen LogP contribution in [0, 0.1) is 0 Å². The Morgan fingerprint density at radius 1 is 1.03 bits per heavy atom. The maximum Gasteiger partial charge on any atom is 0.339 e. The zero-order chi connectivity index (χ0) is 27.7. The molecular formula is C27H31N5O5S. The van der Waals surface area contributed by atoms with Crippen LogP contribution in [0.15, 0.2) is 60.3 Å². The number of thioether (sulfide) groups is 1. The molecule has 3 rings (SSSR count). The maximum atomic E-state index is 12.8. The number of amides is 1. The van der Waals surface area contributed by atoms with Crippen LogP contribution in [-0.2, 0) is 20.8 Å². The van der Waals surface area contributed by atoms with Gasteiger partial charge in [0.05, 0.1) is 36.8 Å². The normalized spacial score (nSPS) is 10.5. The van der Waals surface area contributed by atoms with Crippen molar-refractivity contribution in [2.45, 2.75) is 25.5 Å². The molecule has 2 aromatic carbocycles. The minimum atomic E-state index is -0.647. The molecule has 0 atom stereocenters. The molecule has 0 unspecified atom stereocenters. The van der Waals surface area contributed by atoms with Crippen LogP contribution in [-0.4, -0.2) is 65.7 Å². The molecule has 0 aliphatic carbocycles. The summed E-state index contributed by atoms with van der Waals surface area (Å²) in [6, 6.07) is 12.3. The summed E-state index contributed by atoms with van der Waals surface area (Å²) in [5.41, 5.74) is 2.47. The molecule has 0 spiro atoms. The summed E-state index contributed by atoms with van der Waals surface area (Å²) in [6.45, 7) is 10.4. The Kier molecular flexibility index (Phi) is 10.1. The Hall–Kier alpha value is -4.12. The molecule has 0 radical (unpaired) electrons. The van der Waals surface area contributed by atoms with Crippen LogP contribution in [0.4, 0.5) is 11.4 Å². The van der Waals surface area contributed by atoms with E-state index in [1.54, 1.807) is 6.08 Å². The number of hydrogen-bond acceptors (Lipinski definition) is 9. The molecular weight excluding hydrogens is 506 g/mol. The monoisotopic (exact) mass is 537 g/mol. The van der Waals surface area contributed by atoms with Crippen LogP contribution in [0.2, 0.25) is 0 Å². The predicted octanol–water partition coefficient (Wildman–Crippen LogP) is 4.28. The standard InChI is InChI=1S/C27H31N5O5S/c1-6-15-32-24(18-9-12-20(13-10-18)31(7-2)8-3)29-30-27(32)38-17-23(33)28-22-16-19(25(34)36-4)11-14-21(22)26(35)37-5/h6,9-14,16H,1,7-8,15,17H2,2-5H3,(H,28,33). The molecule has 1 heterocycles. The molecule has 0 saturated heterocycles. The van der Waals surface area contributed by atoms with Gasteiger partial charge in [-0.25, -0.2) is 9.59 Å². The fourth-order valence-corrected chi connectivity index (χ4v) is 4.56. The van der Waals surface area contributed by atoms with Crippen molar-refractivity contribution in [1.82, 2.24) is 14.8 Å². The average Bonchev–Trinajstić information content (AvgIpc) is 3.34. The van der Waals surface area contributed by atoms with E-state index in [9.17, 15) is 14.4 Å². The molecule has 0 fully saturated rings. The van der Waals surface area contributed by atoms with E-state index in [0.717, 1.165) is 24.3 Å². The lowest BCUT2D eigenvalue weighted by atomic mass is 10.1. The van der Waals surface area contributed by atoms with Crippen molar-refractivity contribution >= 4 is 41.0 Å². The van der Waals surface area contributed by atoms with Crippen molar-refractivity contribution in [1.29, 1.82) is 0 Å². The van der Waals surface area contributed by atoms with E-state index >= 15 is 0 Å². The van der Waals surface area contributed by atoms with Crippen LogP contribution < -0.4 is 10.2 Å². The Morgan fingerprint density at radius 2 is 1.71 bits per heavy atom. The number of allylic oxidation sites excluding steroid dienone is 1. The van der Waals surface area contributed by atoms with Gasteiger partial charge >= 0.3 is 11.9 Å². The number of carbonyl (C=O) groups excluding carboxylic acids is 3. The number of ether oxygens (including phenoxy) is 2. The lowest BCUT2D eigenvalue weighted by Crippen LogP contribution is -2.21. The molecule has 10 nitrogen and oxygen atoms in total. The van der Waals surface area contributed by atoms with Gasteiger partial charge < -0.3 is 19.7 Å². The van der Waals surface area contributed by atoms with Gasteiger partial charge in [-0.05, 0) is 56.3 Å². The largest absolute Gasteiger partial charge is 0.465 e. The summed E-state index contributed by atoms with van der Waals surface area (Å²) < 4.78 is 11.4. The number of aromatic nitrogens is 3. The third-order valence-electron chi connectivity index (χ3n) is 5.74. The third-order valence-corrected chi connectivity index (χ3v) is 6.70. The first-order valence-electron chi connectivity index (χ1n) is 12.0. The lowest BCUT2D eigenvalue weighted by molar-refractivity contribution is -0.113. The minimum absolute atomic E-state index is 0.0146. The minimum Gasteiger partial charge on any atom is -0.465 e. The van der Waals surface area contributed by atoms with Crippen LogP contribution >= 0.6 is 11.8 Å². The number of esters is 2. The summed E-state index contributed by atoms with van der Waals surface area (Å²) in [6.07, 6.45) is 1.74. The summed E-state index contributed by atoms with van der Waals surface area (Å²) in [5.74, 6) is -0.995. The molecule has 1 N–H and O–H groups in total. The summed E-state index contributed by atoms with van der Waals surface area (Å²) in [5, 5.41) is 11.9. The first-order chi connectivity index (χ1) is 18.4. The van der Waals surface area contributed by atoms with Gasteiger partial charge in [-0.3, -0.25) is 9.36 Å². The molecule has 0 bridgehead atoms. The summed E-state index contributed by atoms with van der Waals surface area (Å²) in [7, 11) is 2.48. The quantitative estimate of drug-likeness (QED) is 0.205.